The Hall–Kier alpha value is -0.780. The highest BCUT2D eigenvalue weighted by Gasteiger charge is 2.12. The minimum absolute atomic E-state index is 0.614. The van der Waals surface area contributed by atoms with Crippen molar-refractivity contribution in [2.75, 3.05) is 40.4 Å². The van der Waals surface area contributed by atoms with Gasteiger partial charge < -0.3 is 20.1 Å². The van der Waals surface area contributed by atoms with E-state index in [0.29, 0.717) is 19.8 Å². The summed E-state index contributed by atoms with van der Waals surface area (Å²) in [7, 11) is 4.04. The molecule has 1 aromatic carbocycles. The minimum Gasteiger partial charge on any atom is -0.490 e. The van der Waals surface area contributed by atoms with Gasteiger partial charge in [-0.05, 0) is 67.6 Å². The Morgan fingerprint density at radius 1 is 1.26 bits per heavy atom. The number of halogens is 1. The summed E-state index contributed by atoms with van der Waals surface area (Å²) in [5, 5.41) is 0. The molecule has 5 heteroatoms. The van der Waals surface area contributed by atoms with Gasteiger partial charge in [0.05, 0.1) is 11.1 Å². The van der Waals surface area contributed by atoms with Gasteiger partial charge in [-0.1, -0.05) is 0 Å². The summed E-state index contributed by atoms with van der Waals surface area (Å²) in [5.74, 6) is 1.54. The molecule has 0 aliphatic rings. The molecule has 2 N–H and O–H groups in total. The molecular formula is C14H23BrN2O2. The predicted octanol–water partition coefficient (Wildman–Crippen LogP) is 2.29. The second-order valence-corrected chi connectivity index (χ2v) is 5.38. The van der Waals surface area contributed by atoms with E-state index in [1.807, 2.05) is 33.2 Å². The van der Waals surface area contributed by atoms with E-state index in [1.165, 1.54) is 0 Å². The molecule has 0 bridgehead atoms. The monoisotopic (exact) mass is 330 g/mol. The molecule has 0 heterocycles. The Morgan fingerprint density at radius 2 is 2.00 bits per heavy atom. The molecule has 19 heavy (non-hydrogen) atoms. The fourth-order valence-electron chi connectivity index (χ4n) is 1.67. The Labute approximate surface area is 124 Å². The molecule has 0 aliphatic carbocycles. The Kier molecular flexibility index (Phi) is 7.20. The Morgan fingerprint density at radius 3 is 2.58 bits per heavy atom. The van der Waals surface area contributed by atoms with Gasteiger partial charge in [-0.3, -0.25) is 0 Å². The van der Waals surface area contributed by atoms with Crippen molar-refractivity contribution in [3.63, 3.8) is 0 Å². The Bertz CT molecular complexity index is 397. The van der Waals surface area contributed by atoms with Crippen LogP contribution in [-0.2, 0) is 6.42 Å². The maximum absolute atomic E-state index is 5.82. The molecule has 0 radical (unpaired) electrons. The van der Waals surface area contributed by atoms with Gasteiger partial charge in [-0.15, -0.1) is 0 Å². The molecule has 0 unspecified atom stereocenters. The first-order valence-corrected chi connectivity index (χ1v) is 7.30. The lowest BCUT2D eigenvalue weighted by molar-refractivity contribution is 0.242. The van der Waals surface area contributed by atoms with Crippen LogP contribution in [0.15, 0.2) is 16.6 Å². The lowest BCUT2D eigenvalue weighted by Crippen LogP contribution is -2.19. The third kappa shape index (κ3) is 5.38. The van der Waals surface area contributed by atoms with Gasteiger partial charge in [0.15, 0.2) is 11.5 Å². The van der Waals surface area contributed by atoms with Crippen LogP contribution in [-0.4, -0.2) is 45.3 Å². The van der Waals surface area contributed by atoms with Gasteiger partial charge in [0, 0.05) is 6.54 Å². The average molecular weight is 331 g/mol. The molecule has 1 aromatic rings. The number of nitrogens with zero attached hydrogens (tertiary/aromatic N) is 1. The van der Waals surface area contributed by atoms with Crippen LogP contribution in [0, 0.1) is 0 Å². The van der Waals surface area contributed by atoms with E-state index in [-0.39, 0.29) is 0 Å². The van der Waals surface area contributed by atoms with Crippen LogP contribution in [0.4, 0.5) is 0 Å². The highest BCUT2D eigenvalue weighted by atomic mass is 79.9. The number of ether oxygens (including phenoxy) is 2. The molecule has 108 valence electrons. The van der Waals surface area contributed by atoms with Crippen LogP contribution in [0.1, 0.15) is 12.5 Å². The SMILES string of the molecule is CCOc1cc(CCN)cc(Br)c1OCCN(C)C. The maximum Gasteiger partial charge on any atom is 0.175 e. The van der Waals surface area contributed by atoms with Gasteiger partial charge in [0.2, 0.25) is 0 Å². The van der Waals surface area contributed by atoms with Crippen molar-refractivity contribution < 1.29 is 9.47 Å². The fourth-order valence-corrected chi connectivity index (χ4v) is 2.27. The maximum atomic E-state index is 5.82. The van der Waals surface area contributed by atoms with Crippen LogP contribution in [0.3, 0.4) is 0 Å². The summed E-state index contributed by atoms with van der Waals surface area (Å²) >= 11 is 3.55. The van der Waals surface area contributed by atoms with Crippen molar-refractivity contribution in [2.24, 2.45) is 5.73 Å². The smallest absolute Gasteiger partial charge is 0.175 e. The van der Waals surface area contributed by atoms with Crippen LogP contribution >= 0.6 is 15.9 Å². The largest absolute Gasteiger partial charge is 0.490 e. The molecule has 0 saturated heterocycles. The van der Waals surface area contributed by atoms with Gasteiger partial charge in [-0.2, -0.15) is 0 Å². The summed E-state index contributed by atoms with van der Waals surface area (Å²) in [6, 6.07) is 4.05. The quantitative estimate of drug-likeness (QED) is 0.794. The van der Waals surface area contributed by atoms with Crippen molar-refractivity contribution in [3.05, 3.63) is 22.2 Å². The van der Waals surface area contributed by atoms with Crippen molar-refractivity contribution in [3.8, 4) is 11.5 Å². The molecule has 1 rings (SSSR count). The van der Waals surface area contributed by atoms with Crippen LogP contribution in [0.2, 0.25) is 0 Å². The normalized spacial score (nSPS) is 10.8. The van der Waals surface area contributed by atoms with E-state index >= 15 is 0 Å². The molecule has 0 aromatic heterocycles. The summed E-state index contributed by atoms with van der Waals surface area (Å²) < 4.78 is 12.4. The zero-order chi connectivity index (χ0) is 14.3. The van der Waals surface area contributed by atoms with Crippen molar-refractivity contribution in [1.82, 2.24) is 4.90 Å². The topological polar surface area (TPSA) is 47.7 Å². The summed E-state index contributed by atoms with van der Waals surface area (Å²) in [5.41, 5.74) is 6.74. The summed E-state index contributed by atoms with van der Waals surface area (Å²) in [6.45, 7) is 4.69. The Balaban J connectivity index is 2.87. The zero-order valence-electron chi connectivity index (χ0n) is 11.9. The summed E-state index contributed by atoms with van der Waals surface area (Å²) in [6.07, 6.45) is 0.830. The number of hydrogen-bond donors (Lipinski definition) is 1. The number of benzene rings is 1. The van der Waals surface area contributed by atoms with E-state index in [0.717, 1.165) is 34.5 Å². The minimum atomic E-state index is 0.614. The van der Waals surface area contributed by atoms with E-state index < -0.39 is 0 Å². The molecular weight excluding hydrogens is 308 g/mol. The first kappa shape index (κ1) is 16.3. The van der Waals surface area contributed by atoms with Crippen LogP contribution < -0.4 is 15.2 Å². The van der Waals surface area contributed by atoms with Crippen LogP contribution in [0.5, 0.6) is 11.5 Å². The third-order valence-corrected chi connectivity index (χ3v) is 3.18. The number of hydrogen-bond acceptors (Lipinski definition) is 4. The molecule has 0 amide bonds. The van der Waals surface area contributed by atoms with E-state index in [4.69, 9.17) is 15.2 Å². The second-order valence-electron chi connectivity index (χ2n) is 4.53. The second kappa shape index (κ2) is 8.40. The van der Waals surface area contributed by atoms with Crippen molar-refractivity contribution in [1.29, 1.82) is 0 Å². The number of nitrogens with two attached hydrogens (primary N) is 1. The van der Waals surface area contributed by atoms with E-state index in [9.17, 15) is 0 Å². The standard InChI is InChI=1S/C14H23BrN2O2/c1-4-18-13-10-11(5-6-16)9-12(15)14(13)19-8-7-17(2)3/h9-10H,4-8,16H2,1-3H3. The van der Waals surface area contributed by atoms with Crippen molar-refractivity contribution in [2.45, 2.75) is 13.3 Å². The van der Waals surface area contributed by atoms with Gasteiger partial charge >= 0.3 is 0 Å². The first-order valence-electron chi connectivity index (χ1n) is 6.51. The van der Waals surface area contributed by atoms with Gasteiger partial charge in [0.25, 0.3) is 0 Å². The number of rotatable bonds is 8. The van der Waals surface area contributed by atoms with Gasteiger partial charge in [0.1, 0.15) is 6.61 Å². The van der Waals surface area contributed by atoms with E-state index in [2.05, 4.69) is 20.8 Å². The average Bonchev–Trinajstić information content (AvgIpc) is 2.33. The number of likely N-dealkylation sites (N-methyl/N-ethyl adjacent to an activating group) is 1. The van der Waals surface area contributed by atoms with Gasteiger partial charge in [-0.25, -0.2) is 0 Å². The highest BCUT2D eigenvalue weighted by molar-refractivity contribution is 9.10. The molecule has 0 fully saturated rings. The van der Waals surface area contributed by atoms with E-state index in [1.54, 1.807) is 0 Å². The molecule has 4 nitrogen and oxygen atoms in total. The predicted molar refractivity (Wildman–Crippen MR) is 82.1 cm³/mol. The molecule has 0 atom stereocenters. The van der Waals surface area contributed by atoms with Crippen LogP contribution in [0.25, 0.3) is 0 Å². The third-order valence-electron chi connectivity index (χ3n) is 2.59. The lowest BCUT2D eigenvalue weighted by atomic mass is 10.1. The zero-order valence-corrected chi connectivity index (χ0v) is 13.5. The molecule has 0 aliphatic heterocycles. The molecule has 0 saturated carbocycles. The summed E-state index contributed by atoms with van der Waals surface area (Å²) in [4.78, 5) is 2.08. The first-order chi connectivity index (χ1) is 9.08. The lowest BCUT2D eigenvalue weighted by Gasteiger charge is -2.16. The van der Waals surface area contributed by atoms with Crippen molar-refractivity contribution >= 4 is 15.9 Å². The fraction of sp³-hybridized carbons (Fsp3) is 0.571. The highest BCUT2D eigenvalue weighted by Crippen LogP contribution is 2.37. The molecule has 0 spiro atoms.